The summed E-state index contributed by atoms with van der Waals surface area (Å²) in [6, 6.07) is 0.441. The lowest BCUT2D eigenvalue weighted by Gasteiger charge is -2.08. The second kappa shape index (κ2) is 5.01. The molecule has 0 aliphatic rings. The van der Waals surface area contributed by atoms with E-state index in [-0.39, 0.29) is 0 Å². The smallest absolute Gasteiger partial charge is 0.182 e. The van der Waals surface area contributed by atoms with Gasteiger partial charge in [0.1, 0.15) is 11.8 Å². The minimum atomic E-state index is 0.441. The van der Waals surface area contributed by atoms with Crippen LogP contribution in [0.25, 0.3) is 17.0 Å². The molecule has 0 radical (unpaired) electrons. The first-order chi connectivity index (χ1) is 9.66. The number of imidazole rings is 1. The first-order valence-electron chi connectivity index (χ1n) is 6.58. The summed E-state index contributed by atoms with van der Waals surface area (Å²) in [5.74, 6) is 0.723. The standard InChI is InChI=1S/C13H17N7/c1-8(2)14-4-10-5-19-20(9(10)3)13-11-12(16-6-15-11)17-7-18-13/h5-8,14H,4H2,1-3H3,(H,15,16,17,18). The van der Waals surface area contributed by atoms with E-state index in [2.05, 4.69) is 44.2 Å². The zero-order valence-electron chi connectivity index (χ0n) is 11.8. The van der Waals surface area contributed by atoms with Crippen LogP contribution < -0.4 is 5.32 Å². The molecule has 0 aliphatic heterocycles. The molecule has 2 N–H and O–H groups in total. The van der Waals surface area contributed by atoms with Crippen LogP contribution >= 0.6 is 0 Å². The summed E-state index contributed by atoms with van der Waals surface area (Å²) < 4.78 is 1.82. The van der Waals surface area contributed by atoms with E-state index in [1.165, 1.54) is 6.33 Å². The largest absolute Gasteiger partial charge is 0.340 e. The van der Waals surface area contributed by atoms with Crippen molar-refractivity contribution in [2.75, 3.05) is 0 Å². The molecule has 7 heteroatoms. The van der Waals surface area contributed by atoms with Crippen LogP contribution in [0.5, 0.6) is 0 Å². The highest BCUT2D eigenvalue weighted by Gasteiger charge is 2.13. The van der Waals surface area contributed by atoms with Gasteiger partial charge in [0.25, 0.3) is 0 Å². The normalized spacial score (nSPS) is 11.6. The monoisotopic (exact) mass is 271 g/mol. The third-order valence-electron chi connectivity index (χ3n) is 3.22. The van der Waals surface area contributed by atoms with Crippen LogP contribution in [0.4, 0.5) is 0 Å². The van der Waals surface area contributed by atoms with Crippen LogP contribution in [-0.4, -0.2) is 35.8 Å². The molecule has 7 nitrogen and oxygen atoms in total. The highest BCUT2D eigenvalue weighted by Crippen LogP contribution is 2.17. The van der Waals surface area contributed by atoms with Crippen molar-refractivity contribution in [1.82, 2.24) is 35.0 Å². The summed E-state index contributed by atoms with van der Waals surface area (Å²) in [5.41, 5.74) is 3.66. The summed E-state index contributed by atoms with van der Waals surface area (Å²) in [5, 5.41) is 7.83. The predicted octanol–water partition coefficient (Wildman–Crippen LogP) is 1.35. The van der Waals surface area contributed by atoms with Gasteiger partial charge in [-0.1, -0.05) is 13.8 Å². The van der Waals surface area contributed by atoms with Gasteiger partial charge >= 0.3 is 0 Å². The van der Waals surface area contributed by atoms with Crippen molar-refractivity contribution in [2.24, 2.45) is 0 Å². The second-order valence-corrected chi connectivity index (χ2v) is 5.00. The Hall–Kier alpha value is -2.28. The molecule has 20 heavy (non-hydrogen) atoms. The van der Waals surface area contributed by atoms with Crippen molar-refractivity contribution in [3.8, 4) is 5.82 Å². The van der Waals surface area contributed by atoms with Gasteiger partial charge in [0.2, 0.25) is 0 Å². The Labute approximate surface area is 116 Å². The van der Waals surface area contributed by atoms with Gasteiger partial charge in [0.05, 0.1) is 12.5 Å². The third kappa shape index (κ3) is 2.16. The molecule has 0 bridgehead atoms. The maximum atomic E-state index is 4.43. The molecule has 3 heterocycles. The maximum Gasteiger partial charge on any atom is 0.182 e. The second-order valence-electron chi connectivity index (χ2n) is 5.00. The lowest BCUT2D eigenvalue weighted by Crippen LogP contribution is -2.22. The number of rotatable bonds is 4. The molecular formula is C13H17N7. The fourth-order valence-corrected chi connectivity index (χ4v) is 2.06. The Morgan fingerprint density at radius 3 is 2.95 bits per heavy atom. The van der Waals surface area contributed by atoms with Gasteiger partial charge in [-0.2, -0.15) is 5.10 Å². The van der Waals surface area contributed by atoms with Crippen molar-refractivity contribution >= 4 is 11.2 Å². The van der Waals surface area contributed by atoms with E-state index in [4.69, 9.17) is 0 Å². The van der Waals surface area contributed by atoms with Crippen LogP contribution in [0.3, 0.4) is 0 Å². The molecule has 0 aliphatic carbocycles. The average Bonchev–Trinajstić information content (AvgIpc) is 3.02. The molecule has 0 fully saturated rings. The number of aromatic nitrogens is 6. The van der Waals surface area contributed by atoms with E-state index in [9.17, 15) is 0 Å². The zero-order chi connectivity index (χ0) is 14.1. The van der Waals surface area contributed by atoms with Crippen molar-refractivity contribution in [3.05, 3.63) is 30.1 Å². The Morgan fingerprint density at radius 1 is 1.30 bits per heavy atom. The van der Waals surface area contributed by atoms with Crippen molar-refractivity contribution in [2.45, 2.75) is 33.4 Å². The SMILES string of the molecule is Cc1c(CNC(C)C)cnn1-c1ncnc2nc[nH]c12. The van der Waals surface area contributed by atoms with Gasteiger partial charge in [-0.3, -0.25) is 0 Å². The fraction of sp³-hybridized carbons (Fsp3) is 0.385. The van der Waals surface area contributed by atoms with Crippen LogP contribution in [0.2, 0.25) is 0 Å². The van der Waals surface area contributed by atoms with Crippen molar-refractivity contribution in [1.29, 1.82) is 0 Å². The number of aromatic amines is 1. The average molecular weight is 271 g/mol. The third-order valence-corrected chi connectivity index (χ3v) is 3.22. The van der Waals surface area contributed by atoms with Gasteiger partial charge < -0.3 is 10.3 Å². The van der Waals surface area contributed by atoms with Crippen LogP contribution in [-0.2, 0) is 6.54 Å². The minimum absolute atomic E-state index is 0.441. The lowest BCUT2D eigenvalue weighted by molar-refractivity contribution is 0.587. The van der Waals surface area contributed by atoms with E-state index in [1.807, 2.05) is 17.8 Å². The zero-order valence-corrected chi connectivity index (χ0v) is 11.8. The van der Waals surface area contributed by atoms with Crippen LogP contribution in [0.15, 0.2) is 18.9 Å². The van der Waals surface area contributed by atoms with Crippen LogP contribution in [0, 0.1) is 6.92 Å². The minimum Gasteiger partial charge on any atom is -0.340 e. The van der Waals surface area contributed by atoms with Gasteiger partial charge in [-0.15, -0.1) is 0 Å². The molecule has 104 valence electrons. The summed E-state index contributed by atoms with van der Waals surface area (Å²) in [6.07, 6.45) is 4.99. The number of nitrogens with zero attached hydrogens (tertiary/aromatic N) is 5. The fourth-order valence-electron chi connectivity index (χ4n) is 2.06. The maximum absolute atomic E-state index is 4.43. The summed E-state index contributed by atoms with van der Waals surface area (Å²) in [6.45, 7) is 7.08. The Balaban J connectivity index is 2.00. The molecule has 0 atom stereocenters. The molecule has 3 aromatic rings. The molecule has 0 spiro atoms. The predicted molar refractivity (Wildman–Crippen MR) is 75.5 cm³/mol. The van der Waals surface area contributed by atoms with E-state index in [1.54, 1.807) is 6.33 Å². The highest BCUT2D eigenvalue weighted by molar-refractivity contribution is 5.77. The molecule has 0 aromatic carbocycles. The molecule has 3 rings (SSSR count). The molecule has 0 saturated carbocycles. The number of nitrogens with one attached hydrogen (secondary N) is 2. The molecule has 0 saturated heterocycles. The molecule has 3 aromatic heterocycles. The van der Waals surface area contributed by atoms with E-state index >= 15 is 0 Å². The first kappa shape index (κ1) is 12.7. The summed E-state index contributed by atoms with van der Waals surface area (Å²) in [7, 11) is 0. The number of H-pyrrole nitrogens is 1. The van der Waals surface area contributed by atoms with E-state index < -0.39 is 0 Å². The molecule has 0 amide bonds. The van der Waals surface area contributed by atoms with E-state index in [0.29, 0.717) is 11.7 Å². The van der Waals surface area contributed by atoms with Gasteiger partial charge in [0.15, 0.2) is 11.5 Å². The first-order valence-corrected chi connectivity index (χ1v) is 6.58. The lowest BCUT2D eigenvalue weighted by atomic mass is 10.2. The quantitative estimate of drug-likeness (QED) is 0.748. The Bertz CT molecular complexity index is 725. The number of fused-ring (bicyclic) bond motifs is 1. The van der Waals surface area contributed by atoms with Crippen molar-refractivity contribution in [3.63, 3.8) is 0 Å². The molecule has 0 unspecified atom stereocenters. The van der Waals surface area contributed by atoms with Gasteiger partial charge in [-0.05, 0) is 6.92 Å². The number of hydrogen-bond donors (Lipinski definition) is 2. The summed E-state index contributed by atoms with van der Waals surface area (Å²) >= 11 is 0. The van der Waals surface area contributed by atoms with E-state index in [0.717, 1.165) is 29.1 Å². The summed E-state index contributed by atoms with van der Waals surface area (Å²) in [4.78, 5) is 15.6. The highest BCUT2D eigenvalue weighted by atomic mass is 15.3. The Morgan fingerprint density at radius 2 is 2.15 bits per heavy atom. The van der Waals surface area contributed by atoms with Crippen LogP contribution in [0.1, 0.15) is 25.1 Å². The van der Waals surface area contributed by atoms with Crippen molar-refractivity contribution < 1.29 is 0 Å². The van der Waals surface area contributed by atoms with Gasteiger partial charge in [0, 0.05) is 23.8 Å². The molecular weight excluding hydrogens is 254 g/mol. The topological polar surface area (TPSA) is 84.3 Å². The Kier molecular flexibility index (Phi) is 3.19. The van der Waals surface area contributed by atoms with Gasteiger partial charge in [-0.25, -0.2) is 19.6 Å². The number of hydrogen-bond acceptors (Lipinski definition) is 5.